The maximum absolute atomic E-state index is 12.7. The highest BCUT2D eigenvalue weighted by Crippen LogP contribution is 2.54. The molecule has 2 heterocycles. The molecule has 0 fully saturated rings. The summed E-state index contributed by atoms with van der Waals surface area (Å²) < 4.78 is 21.7. The van der Waals surface area contributed by atoms with Crippen molar-refractivity contribution in [3.05, 3.63) is 165 Å². The summed E-state index contributed by atoms with van der Waals surface area (Å²) in [5, 5.41) is 0. The number of hydrogen-bond acceptors (Lipinski definition) is 10. The van der Waals surface area contributed by atoms with E-state index in [9.17, 15) is 9.59 Å². The highest BCUT2D eigenvalue weighted by molar-refractivity contribution is 5.81. The minimum Gasteiger partial charge on any atom is -0.434 e. The van der Waals surface area contributed by atoms with Gasteiger partial charge in [0.05, 0.1) is 24.6 Å². The van der Waals surface area contributed by atoms with Crippen molar-refractivity contribution in [1.29, 1.82) is 0 Å². The third-order valence-corrected chi connectivity index (χ3v) is 11.9. The summed E-state index contributed by atoms with van der Waals surface area (Å²) in [5.74, 6) is 0.661. The van der Waals surface area contributed by atoms with Crippen LogP contribution >= 0.6 is 0 Å². The van der Waals surface area contributed by atoms with Crippen LogP contribution in [-0.2, 0) is 33.4 Å². The molecule has 60 heavy (non-hydrogen) atoms. The number of rotatable bonds is 11. The largest absolute Gasteiger partial charge is 0.515 e. The van der Waals surface area contributed by atoms with Crippen LogP contribution in [0, 0.1) is 11.8 Å². The molecule has 0 aliphatic heterocycles. The molecule has 4 atom stereocenters. The fourth-order valence-corrected chi connectivity index (χ4v) is 9.48. The number of fused-ring (bicyclic) bond motifs is 8. The molecule has 8 rings (SSSR count). The van der Waals surface area contributed by atoms with Gasteiger partial charge in [-0.3, -0.25) is 9.98 Å². The molecule has 0 amide bonds. The van der Waals surface area contributed by atoms with E-state index in [1.54, 1.807) is 12.1 Å². The van der Waals surface area contributed by atoms with Gasteiger partial charge < -0.3 is 18.9 Å². The Hall–Kier alpha value is -6.42. The third kappa shape index (κ3) is 8.24. The Morgan fingerprint density at radius 3 is 1.45 bits per heavy atom. The maximum Gasteiger partial charge on any atom is 0.515 e. The van der Waals surface area contributed by atoms with Crippen molar-refractivity contribution in [2.75, 3.05) is 13.2 Å². The number of carbonyl (C=O) groups is 2. The molecule has 4 bridgehead atoms. The maximum atomic E-state index is 12.7. The second kappa shape index (κ2) is 17.4. The zero-order chi connectivity index (χ0) is 41.7. The van der Waals surface area contributed by atoms with Crippen LogP contribution in [0.4, 0.5) is 9.59 Å². The van der Waals surface area contributed by atoms with E-state index in [-0.39, 0.29) is 36.8 Å². The van der Waals surface area contributed by atoms with E-state index in [1.165, 1.54) is 22.3 Å². The smallest absolute Gasteiger partial charge is 0.434 e. The van der Waals surface area contributed by atoms with E-state index in [4.69, 9.17) is 38.9 Å². The Balaban J connectivity index is 0.829. The van der Waals surface area contributed by atoms with Crippen molar-refractivity contribution >= 4 is 24.7 Å². The minimum atomic E-state index is -0.845. The molecule has 4 aromatic rings. The lowest BCUT2D eigenvalue weighted by Gasteiger charge is -2.45. The molecule has 0 saturated heterocycles. The molecule has 0 spiro atoms. The van der Waals surface area contributed by atoms with Crippen LogP contribution in [0.15, 0.2) is 142 Å². The number of nitrogens with zero attached hydrogens (tertiary/aromatic N) is 4. The van der Waals surface area contributed by atoms with Crippen molar-refractivity contribution < 1.29 is 28.5 Å². The molecule has 10 heteroatoms. The number of hydrogen-bond donors (Lipinski definition) is 0. The van der Waals surface area contributed by atoms with Gasteiger partial charge in [0.1, 0.15) is 11.1 Å². The van der Waals surface area contributed by atoms with Gasteiger partial charge in [-0.2, -0.15) is 0 Å². The van der Waals surface area contributed by atoms with Crippen molar-refractivity contribution in [3.63, 3.8) is 0 Å². The Bertz CT molecular complexity index is 2280. The summed E-state index contributed by atoms with van der Waals surface area (Å²) in [6.45, 7) is 8.62. The van der Waals surface area contributed by atoms with Gasteiger partial charge in [0.15, 0.2) is 0 Å². The SMILES string of the molecule is C/C=C1/C2C=C(C)CC1(N=Cc1ccccc1)c1ccc(OC(=O)OCCCCOC(=O)Oc3ccc4c(n3)CC3C=C(C)CC4(N=Cc4ccccc4)/C3=C\C)nc1C2. The van der Waals surface area contributed by atoms with E-state index >= 15 is 0 Å². The number of unbranched alkanes of at least 4 members (excludes halogenated alkanes) is 1. The lowest BCUT2D eigenvalue weighted by atomic mass is 9.63. The Labute approximate surface area is 351 Å². The summed E-state index contributed by atoms with van der Waals surface area (Å²) in [6, 6.07) is 27.5. The van der Waals surface area contributed by atoms with Crippen LogP contribution in [0.3, 0.4) is 0 Å². The monoisotopic (exact) mass is 802 g/mol. The normalized spacial score (nSPS) is 24.1. The summed E-state index contributed by atoms with van der Waals surface area (Å²) in [7, 11) is 0. The molecular formula is C50H50N4O6. The first-order chi connectivity index (χ1) is 29.2. The van der Waals surface area contributed by atoms with Gasteiger partial charge in [-0.25, -0.2) is 19.6 Å². The number of pyridine rings is 2. The van der Waals surface area contributed by atoms with Gasteiger partial charge in [0.2, 0.25) is 11.8 Å². The summed E-state index contributed by atoms with van der Waals surface area (Å²) in [4.78, 5) is 45.3. The molecule has 0 radical (unpaired) electrons. The van der Waals surface area contributed by atoms with Crippen LogP contribution in [0.1, 0.15) is 87.0 Å². The Morgan fingerprint density at radius 1 is 0.633 bits per heavy atom. The second-order valence-corrected chi connectivity index (χ2v) is 15.9. The molecule has 306 valence electrons. The summed E-state index contributed by atoms with van der Waals surface area (Å²) >= 11 is 0. The van der Waals surface area contributed by atoms with Crippen LogP contribution < -0.4 is 9.47 Å². The summed E-state index contributed by atoms with van der Waals surface area (Å²) in [6.07, 6.45) is 14.9. The highest BCUT2D eigenvalue weighted by atomic mass is 16.7. The number of carbonyl (C=O) groups excluding carboxylic acids is 2. The molecule has 2 aromatic heterocycles. The fourth-order valence-electron chi connectivity index (χ4n) is 9.48. The van der Waals surface area contributed by atoms with E-state index < -0.39 is 23.4 Å². The number of aliphatic imine (C=N–C) groups is 2. The van der Waals surface area contributed by atoms with Crippen LogP contribution in [0.2, 0.25) is 0 Å². The Morgan fingerprint density at radius 2 is 1.05 bits per heavy atom. The zero-order valence-electron chi connectivity index (χ0n) is 34.6. The van der Waals surface area contributed by atoms with Gasteiger partial charge in [-0.15, -0.1) is 0 Å². The lowest BCUT2D eigenvalue weighted by Crippen LogP contribution is -2.40. The average molecular weight is 803 g/mol. The predicted octanol–water partition coefficient (Wildman–Crippen LogP) is 10.6. The quantitative estimate of drug-likeness (QED) is 0.0636. The average Bonchev–Trinajstić information content (AvgIpc) is 3.23. The van der Waals surface area contributed by atoms with Crippen LogP contribution in [-0.4, -0.2) is 47.9 Å². The number of ether oxygens (including phenoxy) is 4. The molecule has 2 aromatic carbocycles. The van der Waals surface area contributed by atoms with E-state index in [2.05, 4.69) is 52.0 Å². The first kappa shape index (κ1) is 40.4. The standard InChI is InChI=1S/C50H50N4O6/c1-5-39-37-25-33(3)29-49(39,51-31-35-15-9-7-10-16-35)41-19-21-45(53-43(41)27-37)59-47(55)57-23-13-14-24-58-48(56)60-46-22-20-42-44(54-46)28-38-26-34(4)30-50(42,40(38)6-2)52-32-36-17-11-8-12-18-36/h5-12,15-22,25-26,31-32,37-38H,13-14,23-24,27-30H2,1-4H3/b39-5-,40-6-,51-31?,52-32?. The number of benzene rings is 2. The molecule has 10 nitrogen and oxygen atoms in total. The Kier molecular flexibility index (Phi) is 11.7. The van der Waals surface area contributed by atoms with Crippen LogP contribution in [0.25, 0.3) is 0 Å². The van der Waals surface area contributed by atoms with Gasteiger partial charge in [0.25, 0.3) is 0 Å². The van der Waals surface area contributed by atoms with Gasteiger partial charge in [-0.1, -0.05) is 96.1 Å². The van der Waals surface area contributed by atoms with E-state index in [0.717, 1.165) is 46.5 Å². The lowest BCUT2D eigenvalue weighted by molar-refractivity contribution is 0.0826. The van der Waals surface area contributed by atoms with Crippen molar-refractivity contribution in [3.8, 4) is 11.8 Å². The predicted molar refractivity (Wildman–Crippen MR) is 232 cm³/mol. The first-order valence-electron chi connectivity index (χ1n) is 20.8. The highest BCUT2D eigenvalue weighted by Gasteiger charge is 2.48. The molecular weight excluding hydrogens is 753 g/mol. The zero-order valence-corrected chi connectivity index (χ0v) is 34.6. The van der Waals surface area contributed by atoms with Gasteiger partial charge in [-0.05, 0) is 74.9 Å². The molecule has 0 N–H and O–H groups in total. The second-order valence-electron chi connectivity index (χ2n) is 15.9. The molecule has 4 unspecified atom stereocenters. The van der Waals surface area contributed by atoms with Gasteiger partial charge in [0, 0.05) is 73.2 Å². The molecule has 4 aliphatic rings. The first-order valence-corrected chi connectivity index (χ1v) is 20.8. The molecule has 0 saturated carbocycles. The van der Waals surface area contributed by atoms with Crippen LogP contribution in [0.5, 0.6) is 11.8 Å². The number of allylic oxidation sites excluding steroid dienone is 4. The van der Waals surface area contributed by atoms with Gasteiger partial charge >= 0.3 is 12.3 Å². The van der Waals surface area contributed by atoms with E-state index in [1.807, 2.05) is 85.2 Å². The molecule has 4 aliphatic carbocycles. The van der Waals surface area contributed by atoms with E-state index in [0.29, 0.717) is 25.7 Å². The number of aromatic nitrogens is 2. The minimum absolute atomic E-state index is 0.0838. The van der Waals surface area contributed by atoms with Crippen molar-refractivity contribution in [1.82, 2.24) is 9.97 Å². The topological polar surface area (TPSA) is 122 Å². The summed E-state index contributed by atoms with van der Waals surface area (Å²) in [5.41, 5.74) is 9.74. The third-order valence-electron chi connectivity index (χ3n) is 11.9. The van der Waals surface area contributed by atoms with Crippen molar-refractivity contribution in [2.24, 2.45) is 21.8 Å². The fraction of sp³-hybridized carbons (Fsp3) is 0.320. The van der Waals surface area contributed by atoms with Crippen molar-refractivity contribution in [2.45, 2.75) is 77.3 Å².